The number of nitrogens with one attached hydrogen (secondary N) is 1. The highest BCUT2D eigenvalue weighted by Gasteiger charge is 2.50. The van der Waals surface area contributed by atoms with Gasteiger partial charge in [0.1, 0.15) is 18.8 Å². The summed E-state index contributed by atoms with van der Waals surface area (Å²) in [5.74, 6) is 60.0. The first-order chi connectivity index (χ1) is 47.5. The molecule has 1 aliphatic heterocycles. The molecule has 572 valence electrons. The molecule has 0 saturated carbocycles. The molecule has 8 atom stereocenters. The molecule has 14 heteroatoms. The minimum absolute atomic E-state index is 0. The number of rotatable bonds is 38. The number of benzene rings is 2. The van der Waals surface area contributed by atoms with E-state index >= 15 is 0 Å². The lowest BCUT2D eigenvalue weighted by molar-refractivity contribution is -0.308. The van der Waals surface area contributed by atoms with Gasteiger partial charge < -0.3 is 43.0 Å². The van der Waals surface area contributed by atoms with Crippen molar-refractivity contribution >= 4 is 34.5 Å². The van der Waals surface area contributed by atoms with Gasteiger partial charge in [-0.05, 0) is 168 Å². The van der Waals surface area contributed by atoms with Crippen LogP contribution in [0.3, 0.4) is 0 Å². The molecule has 2 aromatic rings. The summed E-state index contributed by atoms with van der Waals surface area (Å²) in [7, 11) is -5.25. The van der Waals surface area contributed by atoms with Gasteiger partial charge in [-0.15, -0.1) is 0 Å². The second kappa shape index (κ2) is 49.3. The SMILES string of the molecule is CC#CC#CC#CC#CC#CC#CC#CC#CC#CC#CC#CC#CC(=O)N[C@@H](CO[C@H]1OC(COC(=O)CCCCCCC(=O)O)[C@H](OCc2ccccc2)[C@H](C)C1OCc1ccccc1)[C@H](O[Si](C)(C)C(C)(C)C)[C@@H](CCCCCCCCCCCCCC)O[Si](C)(C)C(C)(C)C.[HH].[HH].[HH].[HH].[HH].[HH].[HH].[HH].[HH].[HH].[HH].[HH].[HH].[HH].[HH].[HH].[HH].[HH].[HH].[HH].[HH].[HH].[HH].[HH]. The van der Waals surface area contributed by atoms with Crippen LogP contribution in [0.5, 0.6) is 0 Å². The lowest BCUT2D eigenvalue weighted by Crippen LogP contribution is -2.61. The van der Waals surface area contributed by atoms with Gasteiger partial charge in [0.15, 0.2) is 22.9 Å². The van der Waals surface area contributed by atoms with Gasteiger partial charge in [-0.25, -0.2) is 0 Å². The van der Waals surface area contributed by atoms with E-state index in [1.807, 2.05) is 67.6 Å². The molecule has 1 amide bonds. The molecule has 0 bridgehead atoms. The lowest BCUT2D eigenvalue weighted by atomic mass is 9.90. The Labute approximate surface area is 633 Å². The Morgan fingerprint density at radius 1 is 0.535 bits per heavy atom. The highest BCUT2D eigenvalue weighted by molar-refractivity contribution is 6.74. The summed E-state index contributed by atoms with van der Waals surface area (Å²) in [6.07, 6.45) is 13.4. The maximum Gasteiger partial charge on any atom is 0.305 e. The predicted molar refractivity (Wildman–Crippen MR) is 452 cm³/mol. The largest absolute Gasteiger partial charge is 0.481 e. The fraction of sp³-hybridized carbons (Fsp3) is 0.541. The first kappa shape index (κ1) is 85.0. The van der Waals surface area contributed by atoms with E-state index in [4.69, 9.17) is 37.6 Å². The number of hydrogen-bond acceptors (Lipinski definition) is 10. The van der Waals surface area contributed by atoms with Crippen LogP contribution in [-0.2, 0) is 60.1 Å². The van der Waals surface area contributed by atoms with Crippen LogP contribution < -0.4 is 5.32 Å². The van der Waals surface area contributed by atoms with Gasteiger partial charge in [-0.2, -0.15) is 0 Å². The minimum Gasteiger partial charge on any atom is -0.481 e. The molecule has 3 rings (SSSR count). The number of esters is 1. The van der Waals surface area contributed by atoms with Crippen LogP contribution in [0.4, 0.5) is 0 Å². The Morgan fingerprint density at radius 3 is 1.38 bits per heavy atom. The summed E-state index contributed by atoms with van der Waals surface area (Å²) in [4.78, 5) is 39.1. The van der Waals surface area contributed by atoms with E-state index in [1.54, 1.807) is 6.92 Å². The van der Waals surface area contributed by atoms with Crippen molar-refractivity contribution < 1.29 is 86.3 Å². The van der Waals surface area contributed by atoms with Crippen molar-refractivity contribution in [2.45, 2.75) is 277 Å². The van der Waals surface area contributed by atoms with Crippen LogP contribution in [0.15, 0.2) is 60.7 Å². The summed E-state index contributed by atoms with van der Waals surface area (Å²) in [5, 5.41) is 12.0. The molecule has 1 aliphatic rings. The van der Waals surface area contributed by atoms with Crippen LogP contribution in [0.2, 0.25) is 36.3 Å². The average Bonchev–Trinajstić information content (AvgIpc) is 0.792. The van der Waals surface area contributed by atoms with Crippen LogP contribution in [0.1, 0.15) is 230 Å². The van der Waals surface area contributed by atoms with E-state index in [9.17, 15) is 14.4 Å². The lowest BCUT2D eigenvalue weighted by Gasteiger charge is -2.48. The number of carboxylic acid groups (broad SMARTS) is 1. The van der Waals surface area contributed by atoms with E-state index < -0.39 is 83.3 Å². The van der Waals surface area contributed by atoms with Gasteiger partial charge in [0.25, 0.3) is 5.91 Å². The van der Waals surface area contributed by atoms with Crippen molar-refractivity contribution in [1.82, 2.24) is 5.32 Å². The van der Waals surface area contributed by atoms with Gasteiger partial charge >= 0.3 is 11.9 Å². The number of carboxylic acids is 1. The molecule has 2 unspecified atom stereocenters. The normalized spacial score (nSPS) is 16.0. The molecule has 2 N–H and O–H groups in total. The van der Waals surface area contributed by atoms with Gasteiger partial charge in [-0.1, -0.05) is 212 Å². The Kier molecular flexibility index (Phi) is 42.3. The Balaban J connectivity index is -0.000000213. The molecule has 0 aliphatic carbocycles. The second-order valence-corrected chi connectivity index (χ2v) is 36.9. The topological polar surface area (TPSA) is 148 Å². The van der Waals surface area contributed by atoms with Gasteiger partial charge in [0.2, 0.25) is 0 Å². The predicted octanol–water partition coefficient (Wildman–Crippen LogP) is 20.8. The van der Waals surface area contributed by atoms with Gasteiger partial charge in [0.05, 0.1) is 44.2 Å². The molecule has 2 aromatic carbocycles. The molecule has 12 nitrogen and oxygen atoms in total. The Hall–Kier alpha value is -8.24. The maximum absolute atomic E-state index is 14.5. The third kappa shape index (κ3) is 37.5. The first-order valence-electron chi connectivity index (χ1n) is 35.0. The zero-order chi connectivity index (χ0) is 72.5. The average molecular weight is 1420 g/mol. The van der Waals surface area contributed by atoms with Gasteiger partial charge in [0, 0.05) is 94.4 Å². The van der Waals surface area contributed by atoms with E-state index in [1.165, 1.54) is 57.8 Å². The highest BCUT2D eigenvalue weighted by Crippen LogP contribution is 2.42. The van der Waals surface area contributed by atoms with Crippen molar-refractivity contribution in [3.05, 3.63) is 71.8 Å². The number of amides is 1. The molecule has 1 heterocycles. The molecular formula is C85H153NO11Si2. The Bertz CT molecular complexity index is 3730. The first-order valence-corrected chi connectivity index (χ1v) is 40.9. The summed E-state index contributed by atoms with van der Waals surface area (Å²) in [5.41, 5.74) is 1.89. The molecule has 0 radical (unpaired) electrons. The standard InChI is InChI=1S/C85H105NO11Si2.24H2/c1-14-16-18-20-22-24-26-28-29-30-31-32-33-34-35-36-37-38-40-42-44-46-56-64-77(87)86-74(82(97-99(12,13)85(7,8)9)75(96-98(10,11)84(4,5)6)63-55-45-43-41-39-27-25-23-21-19-17-15-2)69-94-83-81(93-68-73-61-53-50-54-62-73)71(3)80(92-67-72-59-51-49-52-60-72)76(95-83)70-91-79(90)66-58-48-47-57-65-78(88)89;;;;;;;;;;;;;;;;;;;;;;;;/h49-54,59-62,71,74-76,80-83H,15,17,19,21,23,25,27,39,41,43,45,47-48,55,57-58,63,65-70H2,1-13H3,(H,86,87)(H,88,89);24*1H/t71-,74-,75+,76?,80+,81?,82-,83-;;;;;;;;;;;;;;;;;;;;;;;;/m0......................../s1. The summed E-state index contributed by atoms with van der Waals surface area (Å²) < 4.78 is 49.1. The van der Waals surface area contributed by atoms with Crippen molar-refractivity contribution in [2.24, 2.45) is 5.92 Å². The highest BCUT2D eigenvalue weighted by atomic mass is 28.4. The zero-order valence-corrected chi connectivity index (χ0v) is 63.2. The maximum atomic E-state index is 14.5. The molecule has 0 aromatic heterocycles. The minimum atomic E-state index is -2.70. The van der Waals surface area contributed by atoms with E-state index in [0.29, 0.717) is 32.1 Å². The second-order valence-electron chi connectivity index (χ2n) is 27.4. The number of hydrogen-bond donors (Lipinski definition) is 2. The smallest absolute Gasteiger partial charge is 0.305 e. The number of carbonyl (C=O) groups is 3. The molecular weight excluding hydrogens is 1270 g/mol. The number of carbonyl (C=O) groups excluding carboxylic acids is 2. The van der Waals surface area contributed by atoms with E-state index in [2.05, 4.69) is 222 Å². The summed E-state index contributed by atoms with van der Waals surface area (Å²) in [6.45, 7) is 28.4. The fourth-order valence-electron chi connectivity index (χ4n) is 9.90. The molecule has 1 fully saturated rings. The molecule has 99 heavy (non-hydrogen) atoms. The number of aliphatic carboxylic acids is 1. The van der Waals surface area contributed by atoms with Crippen LogP contribution in [0.25, 0.3) is 0 Å². The summed E-state index contributed by atoms with van der Waals surface area (Å²) in [6, 6.07) is 18.8. The van der Waals surface area contributed by atoms with Crippen molar-refractivity contribution in [2.75, 3.05) is 13.2 Å². The zero-order valence-electron chi connectivity index (χ0n) is 61.2. The van der Waals surface area contributed by atoms with Crippen LogP contribution >= 0.6 is 0 Å². The van der Waals surface area contributed by atoms with Crippen molar-refractivity contribution in [1.29, 1.82) is 0 Å². The van der Waals surface area contributed by atoms with E-state index in [0.717, 1.165) is 30.4 Å². The summed E-state index contributed by atoms with van der Waals surface area (Å²) >= 11 is 0. The number of unbranched alkanes of at least 4 members (excludes halogenated alkanes) is 14. The van der Waals surface area contributed by atoms with Crippen LogP contribution in [0, 0.1) is 148 Å². The van der Waals surface area contributed by atoms with E-state index in [-0.39, 0.29) is 83.6 Å². The molecule has 0 spiro atoms. The molecule has 1 saturated heterocycles. The van der Waals surface area contributed by atoms with Crippen molar-refractivity contribution in [3.63, 3.8) is 0 Å². The third-order valence-corrected chi connectivity index (χ3v) is 26.4. The van der Waals surface area contributed by atoms with Crippen LogP contribution in [-0.4, -0.2) is 95.7 Å². The number of ether oxygens (including phenoxy) is 5. The van der Waals surface area contributed by atoms with Gasteiger partial charge in [-0.3, -0.25) is 14.4 Å². The quantitative estimate of drug-likeness (QED) is 0.0286. The van der Waals surface area contributed by atoms with Crippen molar-refractivity contribution in [3.8, 4) is 142 Å². The Morgan fingerprint density at radius 2 is 0.939 bits per heavy atom. The third-order valence-electron chi connectivity index (χ3n) is 17.4. The fourth-order valence-corrected chi connectivity index (χ4v) is 12.6. The monoisotopic (exact) mass is 1420 g/mol.